The first-order valence-electron chi connectivity index (χ1n) is 7.10. The normalized spacial score (nSPS) is 11.0. The molecule has 1 unspecified atom stereocenters. The van der Waals surface area contributed by atoms with Crippen LogP contribution in [0.3, 0.4) is 0 Å². The van der Waals surface area contributed by atoms with Crippen molar-refractivity contribution < 1.29 is 0 Å². The Kier molecular flexibility index (Phi) is 9.21. The van der Waals surface area contributed by atoms with Gasteiger partial charge in [0.05, 0.1) is 0 Å². The van der Waals surface area contributed by atoms with Crippen molar-refractivity contribution >= 4 is 79.6 Å². The summed E-state index contributed by atoms with van der Waals surface area (Å²) >= 11 is 2.57. The van der Waals surface area contributed by atoms with Crippen molar-refractivity contribution in [2.24, 2.45) is 0 Å². The van der Waals surface area contributed by atoms with E-state index in [0.717, 1.165) is 4.17 Å². The van der Waals surface area contributed by atoms with Crippen LogP contribution in [0.4, 0.5) is 0 Å². The SMILES string of the molecule is I.IC[PH](c1ccccc1)(c1ccccc1)c1ccccc1.P. The predicted octanol–water partition coefficient (Wildman–Crippen LogP) is 4.78. The Morgan fingerprint density at radius 3 is 1.04 bits per heavy atom. The average molecular weight is 566 g/mol. The minimum atomic E-state index is -1.91. The fourth-order valence-electron chi connectivity index (χ4n) is 2.90. The Labute approximate surface area is 173 Å². The van der Waals surface area contributed by atoms with E-state index >= 15 is 0 Å². The van der Waals surface area contributed by atoms with Gasteiger partial charge < -0.3 is 0 Å². The summed E-state index contributed by atoms with van der Waals surface area (Å²) in [6.45, 7) is 0. The first-order valence-corrected chi connectivity index (χ1v) is 10.8. The van der Waals surface area contributed by atoms with Crippen molar-refractivity contribution in [1.82, 2.24) is 0 Å². The minimum absolute atomic E-state index is 0. The molecule has 0 aliphatic carbocycles. The monoisotopic (exact) mass is 566 g/mol. The molecular weight excluding hydrogens is 544 g/mol. The molecule has 3 aromatic carbocycles. The maximum atomic E-state index is 2.57. The fourth-order valence-corrected chi connectivity index (χ4v) is 10.6. The molecule has 0 heterocycles. The largest absolute Gasteiger partial charge is 0.153 e. The number of alkyl halides is 1. The molecule has 0 nitrogen and oxygen atoms in total. The van der Waals surface area contributed by atoms with Gasteiger partial charge in [-0.1, -0.05) is 0 Å². The molecule has 0 aliphatic rings. The number of hydrogen-bond acceptors (Lipinski definition) is 0. The van der Waals surface area contributed by atoms with Crippen molar-refractivity contribution in [2.75, 3.05) is 4.17 Å². The third-order valence-electron chi connectivity index (χ3n) is 4.00. The van der Waals surface area contributed by atoms with Crippen LogP contribution in [-0.4, -0.2) is 4.17 Å². The van der Waals surface area contributed by atoms with Crippen molar-refractivity contribution in [3.63, 3.8) is 0 Å². The fraction of sp³-hybridized carbons (Fsp3) is 0.0526. The average Bonchev–Trinajstić information content (AvgIpc) is 2.59. The van der Waals surface area contributed by atoms with Crippen LogP contribution in [0.2, 0.25) is 0 Å². The Morgan fingerprint density at radius 1 is 0.565 bits per heavy atom. The molecule has 3 rings (SSSR count). The molecule has 0 aliphatic heterocycles. The first kappa shape index (κ1) is 21.0. The molecule has 0 N–H and O–H groups in total. The van der Waals surface area contributed by atoms with Gasteiger partial charge in [0.2, 0.25) is 0 Å². The molecular formula is C19H22I2P2. The molecule has 0 saturated heterocycles. The van der Waals surface area contributed by atoms with E-state index in [0.29, 0.717) is 0 Å². The van der Waals surface area contributed by atoms with Gasteiger partial charge in [0.25, 0.3) is 0 Å². The van der Waals surface area contributed by atoms with Crippen LogP contribution in [0.15, 0.2) is 91.0 Å². The third kappa shape index (κ3) is 4.34. The van der Waals surface area contributed by atoms with Gasteiger partial charge in [0.1, 0.15) is 0 Å². The van der Waals surface area contributed by atoms with Crippen molar-refractivity contribution in [1.29, 1.82) is 0 Å². The molecule has 0 aromatic heterocycles. The molecule has 0 amide bonds. The smallest absolute Gasteiger partial charge is 0.153 e. The van der Waals surface area contributed by atoms with Crippen LogP contribution in [0, 0.1) is 0 Å². The summed E-state index contributed by atoms with van der Waals surface area (Å²) < 4.78 is 1.14. The minimum Gasteiger partial charge on any atom is -0.153 e. The van der Waals surface area contributed by atoms with Crippen molar-refractivity contribution in [3.05, 3.63) is 91.0 Å². The van der Waals surface area contributed by atoms with Crippen LogP contribution in [0.25, 0.3) is 0 Å². The summed E-state index contributed by atoms with van der Waals surface area (Å²) in [5.74, 6) is 0. The maximum Gasteiger partial charge on any atom is -0.153 e. The second-order valence-electron chi connectivity index (χ2n) is 5.14. The molecule has 3 aromatic rings. The van der Waals surface area contributed by atoms with Gasteiger partial charge in [-0.25, -0.2) is 0 Å². The molecule has 0 fully saturated rings. The molecule has 1 atom stereocenters. The molecule has 0 spiro atoms. The van der Waals surface area contributed by atoms with Gasteiger partial charge in [-0.2, -0.15) is 9.90 Å². The van der Waals surface area contributed by atoms with E-state index in [9.17, 15) is 0 Å². The van der Waals surface area contributed by atoms with Crippen LogP contribution in [0.5, 0.6) is 0 Å². The van der Waals surface area contributed by atoms with Gasteiger partial charge in [-0.15, -0.1) is 24.0 Å². The summed E-state index contributed by atoms with van der Waals surface area (Å²) in [4.78, 5) is 0. The number of rotatable bonds is 4. The topological polar surface area (TPSA) is 0 Å². The zero-order chi connectivity index (χ0) is 14.5. The van der Waals surface area contributed by atoms with Crippen LogP contribution < -0.4 is 15.9 Å². The van der Waals surface area contributed by atoms with E-state index in [1.165, 1.54) is 15.9 Å². The van der Waals surface area contributed by atoms with E-state index in [1.54, 1.807) is 0 Å². The zero-order valence-electron chi connectivity index (χ0n) is 12.9. The van der Waals surface area contributed by atoms with E-state index in [2.05, 4.69) is 114 Å². The number of halogens is 2. The van der Waals surface area contributed by atoms with Crippen LogP contribution in [-0.2, 0) is 0 Å². The van der Waals surface area contributed by atoms with Crippen molar-refractivity contribution in [2.45, 2.75) is 0 Å². The first-order chi connectivity index (χ1) is 10.4. The van der Waals surface area contributed by atoms with Crippen LogP contribution in [0.1, 0.15) is 0 Å². The van der Waals surface area contributed by atoms with E-state index in [1.807, 2.05) is 0 Å². The van der Waals surface area contributed by atoms with Gasteiger partial charge in [-0.05, 0) is 0 Å². The van der Waals surface area contributed by atoms with Gasteiger partial charge in [-0.3, -0.25) is 0 Å². The van der Waals surface area contributed by atoms with Crippen LogP contribution >= 0.6 is 63.7 Å². The number of benzene rings is 3. The Balaban J connectivity index is 0.00000132. The molecule has 23 heavy (non-hydrogen) atoms. The second kappa shape index (κ2) is 10.1. The summed E-state index contributed by atoms with van der Waals surface area (Å²) in [7, 11) is -1.91. The van der Waals surface area contributed by atoms with E-state index in [-0.39, 0.29) is 33.9 Å². The number of hydrogen-bond donors (Lipinski definition) is 0. The molecule has 0 radical (unpaired) electrons. The van der Waals surface area contributed by atoms with Crippen molar-refractivity contribution in [3.8, 4) is 0 Å². The quantitative estimate of drug-likeness (QED) is 0.243. The molecule has 4 heteroatoms. The second-order valence-corrected chi connectivity index (χ2v) is 11.2. The summed E-state index contributed by atoms with van der Waals surface area (Å²) in [6, 6.07) is 33.1. The Bertz CT molecular complexity index is 592. The Morgan fingerprint density at radius 2 is 0.826 bits per heavy atom. The summed E-state index contributed by atoms with van der Waals surface area (Å²) in [5.41, 5.74) is 0. The van der Waals surface area contributed by atoms with E-state index < -0.39 is 7.26 Å². The third-order valence-corrected chi connectivity index (χ3v) is 11.8. The summed E-state index contributed by atoms with van der Waals surface area (Å²) in [5, 5.41) is 4.45. The standard InChI is InChI=1S/C19H18IP.HI.H3P/c20-16-21(17-10-4-1-5-11-17,18-12-6-2-7-13-18)19-14-8-3-9-15-19;;/h1-15,21H,16H2;1H;1H3. The Hall–Kier alpha value is -0.0200. The molecule has 122 valence electrons. The maximum absolute atomic E-state index is 2.57. The van der Waals surface area contributed by atoms with Gasteiger partial charge in [0.15, 0.2) is 0 Å². The zero-order valence-corrected chi connectivity index (χ0v) is 19.8. The van der Waals surface area contributed by atoms with E-state index in [4.69, 9.17) is 0 Å². The van der Waals surface area contributed by atoms with Gasteiger partial charge in [0, 0.05) is 0 Å². The summed E-state index contributed by atoms with van der Waals surface area (Å²) in [6.07, 6.45) is 0. The molecule has 0 bridgehead atoms. The van der Waals surface area contributed by atoms with Gasteiger partial charge >= 0.3 is 141 Å². The predicted molar refractivity (Wildman–Crippen MR) is 132 cm³/mol. The molecule has 0 saturated carbocycles.